The molecule has 0 bridgehead atoms. The Morgan fingerprint density at radius 3 is 2.50 bits per heavy atom. The van der Waals surface area contributed by atoms with E-state index in [1.165, 1.54) is 24.1 Å². The summed E-state index contributed by atoms with van der Waals surface area (Å²) in [6.45, 7) is -0.122. The van der Waals surface area contributed by atoms with Gasteiger partial charge in [0.25, 0.3) is 5.91 Å². The Bertz CT molecular complexity index is 692. The van der Waals surface area contributed by atoms with Crippen LogP contribution in [0.25, 0.3) is 0 Å². The van der Waals surface area contributed by atoms with Gasteiger partial charge in [0.15, 0.2) is 0 Å². The van der Waals surface area contributed by atoms with E-state index in [2.05, 4.69) is 5.32 Å². The van der Waals surface area contributed by atoms with Crippen molar-refractivity contribution >= 4 is 29.1 Å². The molecule has 6 heteroatoms. The van der Waals surface area contributed by atoms with Crippen LogP contribution in [0.1, 0.15) is 10.4 Å². The average Bonchev–Trinajstić information content (AvgIpc) is 2.51. The van der Waals surface area contributed by atoms with Crippen LogP contribution in [0, 0.1) is 5.82 Å². The van der Waals surface area contributed by atoms with Gasteiger partial charge in [0.2, 0.25) is 5.91 Å². The summed E-state index contributed by atoms with van der Waals surface area (Å²) in [5, 5.41) is 2.49. The number of carbonyl (C=O) groups is 2. The van der Waals surface area contributed by atoms with E-state index in [1.54, 1.807) is 24.3 Å². The van der Waals surface area contributed by atoms with E-state index in [9.17, 15) is 14.0 Å². The van der Waals surface area contributed by atoms with Gasteiger partial charge in [-0.15, -0.1) is 0 Å². The molecule has 0 fully saturated rings. The highest BCUT2D eigenvalue weighted by atomic mass is 35.5. The molecule has 0 radical (unpaired) electrons. The second-order valence-corrected chi connectivity index (χ2v) is 5.11. The Hall–Kier alpha value is -2.40. The van der Waals surface area contributed by atoms with E-state index in [-0.39, 0.29) is 17.5 Å². The molecule has 2 aromatic rings. The third-order valence-corrected chi connectivity index (χ3v) is 3.24. The summed E-state index contributed by atoms with van der Waals surface area (Å²) in [7, 11) is 1.53. The van der Waals surface area contributed by atoms with Crippen molar-refractivity contribution in [2.75, 3.05) is 18.9 Å². The van der Waals surface area contributed by atoms with Crippen LogP contribution in [0.4, 0.5) is 10.1 Å². The maximum Gasteiger partial charge on any atom is 0.254 e. The molecule has 0 aromatic heterocycles. The lowest BCUT2D eigenvalue weighted by atomic mass is 10.2. The third-order valence-electron chi connectivity index (χ3n) is 2.95. The molecule has 0 aliphatic carbocycles. The number of rotatable bonds is 4. The number of anilines is 1. The van der Waals surface area contributed by atoms with Gasteiger partial charge in [0.05, 0.1) is 11.6 Å². The predicted octanol–water partition coefficient (Wildman–Crippen LogP) is 3.19. The maximum absolute atomic E-state index is 13.0. The van der Waals surface area contributed by atoms with Gasteiger partial charge < -0.3 is 10.2 Å². The van der Waals surface area contributed by atoms with E-state index in [1.807, 2.05) is 6.07 Å². The number of halogens is 2. The molecular weight excluding hydrogens is 307 g/mol. The fourth-order valence-electron chi connectivity index (χ4n) is 1.86. The summed E-state index contributed by atoms with van der Waals surface area (Å²) in [6.07, 6.45) is 0. The van der Waals surface area contributed by atoms with Crippen LogP contribution >= 0.6 is 11.6 Å². The molecule has 114 valence electrons. The van der Waals surface area contributed by atoms with Crippen molar-refractivity contribution in [3.8, 4) is 0 Å². The summed E-state index contributed by atoms with van der Waals surface area (Å²) in [4.78, 5) is 25.3. The minimum atomic E-state index is -0.559. The number of carbonyl (C=O) groups excluding carboxylic acids is 2. The Kier molecular flexibility index (Phi) is 5.12. The third kappa shape index (κ3) is 4.05. The number of benzene rings is 2. The lowest BCUT2D eigenvalue weighted by Crippen LogP contribution is -2.34. The van der Waals surface area contributed by atoms with E-state index in [0.29, 0.717) is 11.3 Å². The smallest absolute Gasteiger partial charge is 0.254 e. The molecule has 0 spiro atoms. The molecule has 22 heavy (non-hydrogen) atoms. The zero-order valence-electron chi connectivity index (χ0n) is 11.8. The number of hydrogen-bond donors (Lipinski definition) is 1. The SMILES string of the molecule is CN(CC(=O)Nc1ccc(F)c(Cl)c1)C(=O)c1ccccc1. The fraction of sp³-hybridized carbons (Fsp3) is 0.125. The summed E-state index contributed by atoms with van der Waals surface area (Å²) in [5.74, 6) is -1.21. The second-order valence-electron chi connectivity index (χ2n) is 4.70. The summed E-state index contributed by atoms with van der Waals surface area (Å²) in [6, 6.07) is 12.5. The molecule has 0 atom stereocenters. The fourth-order valence-corrected chi connectivity index (χ4v) is 2.04. The molecule has 1 N–H and O–H groups in total. The molecule has 0 saturated carbocycles. The molecule has 0 heterocycles. The van der Waals surface area contributed by atoms with E-state index in [0.717, 1.165) is 6.07 Å². The Morgan fingerprint density at radius 1 is 1.18 bits per heavy atom. The van der Waals surface area contributed by atoms with Crippen LogP contribution in [0.5, 0.6) is 0 Å². The van der Waals surface area contributed by atoms with Gasteiger partial charge >= 0.3 is 0 Å². The molecule has 2 rings (SSSR count). The number of nitrogens with one attached hydrogen (secondary N) is 1. The van der Waals surface area contributed by atoms with Gasteiger partial charge in [-0.2, -0.15) is 0 Å². The highest BCUT2D eigenvalue weighted by molar-refractivity contribution is 6.31. The second kappa shape index (κ2) is 7.04. The first-order valence-electron chi connectivity index (χ1n) is 6.53. The Morgan fingerprint density at radius 2 is 1.86 bits per heavy atom. The highest BCUT2D eigenvalue weighted by Crippen LogP contribution is 2.19. The Labute approximate surface area is 132 Å². The van der Waals surface area contributed by atoms with E-state index >= 15 is 0 Å². The minimum absolute atomic E-state index is 0.0773. The Balaban J connectivity index is 1.96. The van der Waals surface area contributed by atoms with Crippen molar-refractivity contribution in [1.82, 2.24) is 4.90 Å². The lowest BCUT2D eigenvalue weighted by Gasteiger charge is -2.17. The average molecular weight is 321 g/mol. The van der Waals surface area contributed by atoms with E-state index in [4.69, 9.17) is 11.6 Å². The first-order valence-corrected chi connectivity index (χ1v) is 6.90. The van der Waals surface area contributed by atoms with Crippen molar-refractivity contribution in [1.29, 1.82) is 0 Å². The molecule has 2 aromatic carbocycles. The van der Waals surface area contributed by atoms with Gasteiger partial charge in [-0.3, -0.25) is 9.59 Å². The maximum atomic E-state index is 13.0. The van der Waals surface area contributed by atoms with Crippen molar-refractivity contribution in [3.05, 3.63) is 64.9 Å². The van der Waals surface area contributed by atoms with Crippen molar-refractivity contribution in [2.45, 2.75) is 0 Å². The number of amides is 2. The van der Waals surface area contributed by atoms with Crippen LogP contribution in [-0.2, 0) is 4.79 Å². The van der Waals surface area contributed by atoms with Crippen LogP contribution in [0.3, 0.4) is 0 Å². The number of hydrogen-bond acceptors (Lipinski definition) is 2. The van der Waals surface area contributed by atoms with Crippen molar-refractivity contribution in [2.24, 2.45) is 0 Å². The monoisotopic (exact) mass is 320 g/mol. The van der Waals surface area contributed by atoms with Crippen LogP contribution in [0.2, 0.25) is 5.02 Å². The number of likely N-dealkylation sites (N-methyl/N-ethyl adjacent to an activating group) is 1. The molecule has 0 aliphatic heterocycles. The van der Waals surface area contributed by atoms with Gasteiger partial charge in [-0.05, 0) is 30.3 Å². The van der Waals surface area contributed by atoms with Crippen molar-refractivity contribution in [3.63, 3.8) is 0 Å². The van der Waals surface area contributed by atoms with Crippen molar-refractivity contribution < 1.29 is 14.0 Å². The largest absolute Gasteiger partial charge is 0.332 e. The molecule has 2 amide bonds. The van der Waals surface area contributed by atoms with Gasteiger partial charge in [-0.1, -0.05) is 29.8 Å². The molecule has 0 aliphatic rings. The van der Waals surface area contributed by atoms with Gasteiger partial charge in [0.1, 0.15) is 5.82 Å². The summed E-state index contributed by atoms with van der Waals surface area (Å²) in [5.41, 5.74) is 0.875. The topological polar surface area (TPSA) is 49.4 Å². The molecular formula is C16H14ClFN2O2. The first kappa shape index (κ1) is 16.0. The predicted molar refractivity (Wildman–Crippen MR) is 83.4 cm³/mol. The van der Waals surface area contributed by atoms with Gasteiger partial charge in [-0.25, -0.2) is 4.39 Å². The van der Waals surface area contributed by atoms with Crippen LogP contribution in [-0.4, -0.2) is 30.3 Å². The minimum Gasteiger partial charge on any atom is -0.332 e. The number of nitrogens with zero attached hydrogens (tertiary/aromatic N) is 1. The van der Waals surface area contributed by atoms with Crippen LogP contribution < -0.4 is 5.32 Å². The summed E-state index contributed by atoms with van der Waals surface area (Å²) >= 11 is 5.64. The first-order chi connectivity index (χ1) is 10.5. The quantitative estimate of drug-likeness (QED) is 0.940. The normalized spacial score (nSPS) is 10.1. The highest BCUT2D eigenvalue weighted by Gasteiger charge is 2.15. The zero-order valence-corrected chi connectivity index (χ0v) is 12.6. The molecule has 0 saturated heterocycles. The van der Waals surface area contributed by atoms with Crippen LogP contribution in [0.15, 0.2) is 48.5 Å². The van der Waals surface area contributed by atoms with E-state index < -0.39 is 11.7 Å². The molecule has 0 unspecified atom stereocenters. The van der Waals surface area contributed by atoms with Gasteiger partial charge in [0, 0.05) is 18.3 Å². The molecule has 4 nitrogen and oxygen atoms in total. The summed E-state index contributed by atoms with van der Waals surface area (Å²) < 4.78 is 13.0. The zero-order chi connectivity index (χ0) is 16.1. The lowest BCUT2D eigenvalue weighted by molar-refractivity contribution is -0.116. The standard InChI is InChI=1S/C16H14ClFN2O2/c1-20(16(22)11-5-3-2-4-6-11)10-15(21)19-12-7-8-14(18)13(17)9-12/h2-9H,10H2,1H3,(H,19,21).